The van der Waals surface area contributed by atoms with Crippen LogP contribution in [0.5, 0.6) is 0 Å². The Kier molecular flexibility index (Phi) is 5.25. The van der Waals surface area contributed by atoms with E-state index in [0.29, 0.717) is 0 Å². The van der Waals surface area contributed by atoms with Crippen molar-refractivity contribution >= 4 is 23.3 Å². The molecule has 0 fully saturated rings. The van der Waals surface area contributed by atoms with Crippen LogP contribution in [0.4, 0.5) is 4.39 Å². The Balaban J connectivity index is 2.00. The first kappa shape index (κ1) is 15.4. The number of thiophene rings is 1. The van der Waals surface area contributed by atoms with Crippen LogP contribution in [0.15, 0.2) is 42.5 Å². The molecule has 1 atom stereocenters. The first-order chi connectivity index (χ1) is 10.0. The molecule has 1 heterocycles. The SMILES string of the molecule is CC(O)CNC(=O)/C=C/c1ccc(-c2ccc(F)cc2)s1. The fraction of sp³-hybridized carbons (Fsp3) is 0.188. The van der Waals surface area contributed by atoms with Crippen LogP contribution >= 0.6 is 11.3 Å². The lowest BCUT2D eigenvalue weighted by atomic mass is 10.2. The van der Waals surface area contributed by atoms with Gasteiger partial charge in [-0.2, -0.15) is 0 Å². The molecule has 0 aliphatic carbocycles. The Labute approximate surface area is 126 Å². The highest BCUT2D eigenvalue weighted by Gasteiger charge is 2.03. The predicted octanol–water partition coefficient (Wildman–Crippen LogP) is 3.06. The van der Waals surface area contributed by atoms with Crippen molar-refractivity contribution in [1.82, 2.24) is 5.32 Å². The number of aliphatic hydroxyl groups is 1. The van der Waals surface area contributed by atoms with E-state index in [1.54, 1.807) is 25.1 Å². The van der Waals surface area contributed by atoms with E-state index in [1.807, 2.05) is 12.1 Å². The maximum Gasteiger partial charge on any atom is 0.244 e. The minimum Gasteiger partial charge on any atom is -0.392 e. The molecule has 0 aliphatic rings. The van der Waals surface area contributed by atoms with Crippen LogP contribution in [0.3, 0.4) is 0 Å². The van der Waals surface area contributed by atoms with Gasteiger partial charge in [-0.05, 0) is 42.8 Å². The molecule has 5 heteroatoms. The summed E-state index contributed by atoms with van der Waals surface area (Å²) >= 11 is 1.52. The molecule has 2 rings (SSSR count). The molecular formula is C16H16FNO2S. The number of benzene rings is 1. The van der Waals surface area contributed by atoms with Gasteiger partial charge in [0, 0.05) is 22.4 Å². The zero-order chi connectivity index (χ0) is 15.2. The molecule has 1 amide bonds. The van der Waals surface area contributed by atoms with E-state index in [4.69, 9.17) is 5.11 Å². The molecular weight excluding hydrogens is 289 g/mol. The highest BCUT2D eigenvalue weighted by Crippen LogP contribution is 2.28. The molecule has 3 nitrogen and oxygen atoms in total. The van der Waals surface area contributed by atoms with Gasteiger partial charge in [-0.3, -0.25) is 4.79 Å². The highest BCUT2D eigenvalue weighted by atomic mass is 32.1. The number of rotatable bonds is 5. The molecule has 1 unspecified atom stereocenters. The van der Waals surface area contributed by atoms with Gasteiger partial charge >= 0.3 is 0 Å². The molecule has 0 spiro atoms. The van der Waals surface area contributed by atoms with E-state index < -0.39 is 6.10 Å². The van der Waals surface area contributed by atoms with Gasteiger partial charge in [0.2, 0.25) is 5.91 Å². The molecule has 110 valence electrons. The summed E-state index contributed by atoms with van der Waals surface area (Å²) in [6, 6.07) is 10.1. The summed E-state index contributed by atoms with van der Waals surface area (Å²) in [6.07, 6.45) is 2.59. The fourth-order valence-corrected chi connectivity index (χ4v) is 2.59. The number of halogens is 1. The smallest absolute Gasteiger partial charge is 0.244 e. The van der Waals surface area contributed by atoms with Crippen LogP contribution in [-0.2, 0) is 4.79 Å². The summed E-state index contributed by atoms with van der Waals surface area (Å²) in [4.78, 5) is 13.4. The maximum atomic E-state index is 12.9. The topological polar surface area (TPSA) is 49.3 Å². The second-order valence-corrected chi connectivity index (χ2v) is 5.75. The Hall–Kier alpha value is -1.98. The van der Waals surface area contributed by atoms with Crippen LogP contribution in [0.2, 0.25) is 0 Å². The number of carbonyl (C=O) groups is 1. The summed E-state index contributed by atoms with van der Waals surface area (Å²) in [5, 5.41) is 11.7. The van der Waals surface area contributed by atoms with Crippen molar-refractivity contribution in [2.45, 2.75) is 13.0 Å². The summed E-state index contributed by atoms with van der Waals surface area (Å²) < 4.78 is 12.9. The largest absolute Gasteiger partial charge is 0.392 e. The normalized spacial score (nSPS) is 12.5. The molecule has 21 heavy (non-hydrogen) atoms. The van der Waals surface area contributed by atoms with Gasteiger partial charge in [-0.15, -0.1) is 11.3 Å². The van der Waals surface area contributed by atoms with Crippen molar-refractivity contribution in [3.8, 4) is 10.4 Å². The van der Waals surface area contributed by atoms with Gasteiger partial charge in [0.15, 0.2) is 0 Å². The van der Waals surface area contributed by atoms with E-state index in [9.17, 15) is 9.18 Å². The second-order valence-electron chi connectivity index (χ2n) is 4.64. The van der Waals surface area contributed by atoms with Crippen LogP contribution in [-0.4, -0.2) is 23.7 Å². The maximum absolute atomic E-state index is 12.9. The number of hydrogen-bond acceptors (Lipinski definition) is 3. The third kappa shape index (κ3) is 4.81. The van der Waals surface area contributed by atoms with E-state index >= 15 is 0 Å². The lowest BCUT2D eigenvalue weighted by Crippen LogP contribution is -2.28. The van der Waals surface area contributed by atoms with Crippen LogP contribution in [0.1, 0.15) is 11.8 Å². The van der Waals surface area contributed by atoms with Crippen molar-refractivity contribution in [3.63, 3.8) is 0 Å². The van der Waals surface area contributed by atoms with Gasteiger partial charge in [-0.1, -0.05) is 12.1 Å². The molecule has 0 aliphatic heterocycles. The van der Waals surface area contributed by atoms with Crippen molar-refractivity contribution < 1.29 is 14.3 Å². The van der Waals surface area contributed by atoms with Gasteiger partial charge in [0.1, 0.15) is 5.82 Å². The average molecular weight is 305 g/mol. The molecule has 1 aromatic heterocycles. The average Bonchev–Trinajstić information content (AvgIpc) is 2.92. The molecule has 0 saturated heterocycles. The summed E-state index contributed by atoms with van der Waals surface area (Å²) in [5.41, 5.74) is 0.944. The van der Waals surface area contributed by atoms with Gasteiger partial charge in [0.25, 0.3) is 0 Å². The summed E-state index contributed by atoms with van der Waals surface area (Å²) in [6.45, 7) is 1.84. The Morgan fingerprint density at radius 3 is 2.71 bits per heavy atom. The number of amides is 1. The number of carbonyl (C=O) groups excluding carboxylic acids is 1. The lowest BCUT2D eigenvalue weighted by Gasteiger charge is -2.03. The quantitative estimate of drug-likeness (QED) is 0.834. The van der Waals surface area contributed by atoms with Crippen LogP contribution in [0, 0.1) is 5.82 Å². The Morgan fingerprint density at radius 2 is 2.05 bits per heavy atom. The van der Waals surface area contributed by atoms with Gasteiger partial charge < -0.3 is 10.4 Å². The van der Waals surface area contributed by atoms with E-state index in [1.165, 1.54) is 29.5 Å². The zero-order valence-corrected chi connectivity index (χ0v) is 12.4. The molecule has 2 N–H and O–H groups in total. The molecule has 2 aromatic rings. The zero-order valence-electron chi connectivity index (χ0n) is 11.5. The first-order valence-corrected chi connectivity index (χ1v) is 7.36. The number of aliphatic hydroxyl groups excluding tert-OH is 1. The molecule has 0 bridgehead atoms. The molecule has 1 aromatic carbocycles. The van der Waals surface area contributed by atoms with Crippen molar-refractivity contribution in [3.05, 3.63) is 53.2 Å². The van der Waals surface area contributed by atoms with E-state index in [2.05, 4.69) is 5.32 Å². The number of nitrogens with one attached hydrogen (secondary N) is 1. The minimum absolute atomic E-state index is 0.231. The Bertz CT molecular complexity index is 632. The molecule has 0 radical (unpaired) electrons. The van der Waals surface area contributed by atoms with Crippen molar-refractivity contribution in [2.75, 3.05) is 6.54 Å². The van der Waals surface area contributed by atoms with E-state index in [-0.39, 0.29) is 18.3 Å². The van der Waals surface area contributed by atoms with Gasteiger partial charge in [0.05, 0.1) is 6.10 Å². The molecule has 0 saturated carbocycles. The number of hydrogen-bond donors (Lipinski definition) is 2. The monoisotopic (exact) mass is 305 g/mol. The van der Waals surface area contributed by atoms with E-state index in [0.717, 1.165) is 15.3 Å². The Morgan fingerprint density at radius 1 is 1.33 bits per heavy atom. The third-order valence-corrected chi connectivity index (χ3v) is 3.83. The standard InChI is InChI=1S/C16H16FNO2S/c1-11(19)10-18-16(20)9-7-14-6-8-15(21-14)12-2-4-13(17)5-3-12/h2-9,11,19H,10H2,1H3,(H,18,20)/b9-7+. The third-order valence-electron chi connectivity index (χ3n) is 2.73. The highest BCUT2D eigenvalue weighted by molar-refractivity contribution is 7.16. The lowest BCUT2D eigenvalue weighted by molar-refractivity contribution is -0.116. The van der Waals surface area contributed by atoms with Crippen LogP contribution < -0.4 is 5.32 Å². The van der Waals surface area contributed by atoms with Crippen molar-refractivity contribution in [2.24, 2.45) is 0 Å². The predicted molar refractivity (Wildman–Crippen MR) is 83.4 cm³/mol. The summed E-state index contributed by atoms with van der Waals surface area (Å²) in [5.74, 6) is -0.502. The summed E-state index contributed by atoms with van der Waals surface area (Å²) in [7, 11) is 0. The van der Waals surface area contributed by atoms with Crippen molar-refractivity contribution in [1.29, 1.82) is 0 Å². The minimum atomic E-state index is -0.561. The van der Waals surface area contributed by atoms with Gasteiger partial charge in [-0.25, -0.2) is 4.39 Å². The van der Waals surface area contributed by atoms with Crippen LogP contribution in [0.25, 0.3) is 16.5 Å². The first-order valence-electron chi connectivity index (χ1n) is 6.54. The fourth-order valence-electron chi connectivity index (χ4n) is 1.68. The second kappa shape index (κ2) is 7.15.